The lowest BCUT2D eigenvalue weighted by atomic mass is 10.1. The molecule has 4 nitrogen and oxygen atoms in total. The quantitative estimate of drug-likeness (QED) is 0.534. The molecule has 4 N–H and O–H groups in total. The van der Waals surface area contributed by atoms with E-state index < -0.39 is 11.9 Å². The van der Waals surface area contributed by atoms with Crippen molar-refractivity contribution in [2.24, 2.45) is 5.73 Å². The first-order chi connectivity index (χ1) is 9.99. The summed E-state index contributed by atoms with van der Waals surface area (Å²) < 4.78 is 0.849. The highest BCUT2D eigenvalue weighted by molar-refractivity contribution is 14.1. The van der Waals surface area contributed by atoms with Crippen LogP contribution in [0.1, 0.15) is 22.0 Å². The molecule has 0 aliphatic heterocycles. The maximum atomic E-state index is 12.3. The minimum absolute atomic E-state index is 0.0809. The number of carbonyl (C=O) groups is 1. The van der Waals surface area contributed by atoms with E-state index in [1.165, 1.54) is 6.07 Å². The molecule has 0 radical (unpaired) electrons. The molecule has 2 aromatic carbocycles. The molecule has 0 aliphatic carbocycles. The minimum atomic E-state index is -0.578. The molecular weight excluding hydrogens is 399 g/mol. The third kappa shape index (κ3) is 3.92. The number of benzene rings is 2. The fourth-order valence-electron chi connectivity index (χ4n) is 1.86. The molecule has 0 saturated heterocycles. The van der Waals surface area contributed by atoms with Gasteiger partial charge in [-0.1, -0.05) is 42.5 Å². The normalized spacial score (nSPS) is 11.7. The van der Waals surface area contributed by atoms with Crippen molar-refractivity contribution in [3.8, 4) is 5.75 Å². The Hall–Kier alpha value is -1.67. The number of hydrogen-bond acceptors (Lipinski definition) is 3. The second-order valence-corrected chi connectivity index (χ2v) is 6.10. The number of thiocarbonyl (C=S) groups is 1. The predicted molar refractivity (Wildman–Crippen MR) is 94.3 cm³/mol. The Morgan fingerprint density at radius 2 is 1.90 bits per heavy atom. The molecule has 21 heavy (non-hydrogen) atoms. The Kier molecular flexibility index (Phi) is 5.13. The average molecular weight is 412 g/mol. The number of halogens is 1. The third-order valence-corrected chi connectivity index (χ3v) is 3.80. The van der Waals surface area contributed by atoms with Gasteiger partial charge in [-0.05, 0) is 46.4 Å². The number of nitrogens with two attached hydrogens (primary N) is 1. The molecule has 1 atom stereocenters. The van der Waals surface area contributed by atoms with Crippen LogP contribution in [0.4, 0.5) is 0 Å². The van der Waals surface area contributed by atoms with E-state index in [4.69, 9.17) is 18.0 Å². The Labute approximate surface area is 141 Å². The molecule has 6 heteroatoms. The van der Waals surface area contributed by atoms with Crippen molar-refractivity contribution in [1.29, 1.82) is 0 Å². The van der Waals surface area contributed by atoms with Crippen LogP contribution in [0, 0.1) is 3.57 Å². The van der Waals surface area contributed by atoms with Crippen LogP contribution in [0.5, 0.6) is 5.75 Å². The number of phenols is 1. The molecule has 1 amide bonds. The molecule has 1 unspecified atom stereocenters. The van der Waals surface area contributed by atoms with E-state index in [9.17, 15) is 9.90 Å². The lowest BCUT2D eigenvalue weighted by molar-refractivity contribution is 0.0944. The average Bonchev–Trinajstić information content (AvgIpc) is 2.47. The van der Waals surface area contributed by atoms with Crippen LogP contribution in [0.15, 0.2) is 48.5 Å². The van der Waals surface area contributed by atoms with Gasteiger partial charge in [0.1, 0.15) is 16.8 Å². The van der Waals surface area contributed by atoms with Gasteiger partial charge in [0.25, 0.3) is 5.91 Å². The summed E-state index contributed by atoms with van der Waals surface area (Å²) in [6.45, 7) is 0. The number of rotatable bonds is 4. The Morgan fingerprint density at radius 3 is 2.52 bits per heavy atom. The van der Waals surface area contributed by atoms with Crippen LogP contribution in [0.2, 0.25) is 0 Å². The zero-order chi connectivity index (χ0) is 15.4. The van der Waals surface area contributed by atoms with Gasteiger partial charge < -0.3 is 16.2 Å². The van der Waals surface area contributed by atoms with Crippen molar-refractivity contribution < 1.29 is 9.90 Å². The number of amides is 1. The van der Waals surface area contributed by atoms with Gasteiger partial charge >= 0.3 is 0 Å². The molecule has 0 heterocycles. The summed E-state index contributed by atoms with van der Waals surface area (Å²) in [5.74, 6) is -0.504. The Morgan fingerprint density at radius 1 is 1.24 bits per heavy atom. The first-order valence-corrected chi connectivity index (χ1v) is 7.61. The lowest BCUT2D eigenvalue weighted by Crippen LogP contribution is -2.36. The van der Waals surface area contributed by atoms with Crippen LogP contribution in [0.25, 0.3) is 0 Å². The monoisotopic (exact) mass is 412 g/mol. The second-order valence-electron chi connectivity index (χ2n) is 4.38. The van der Waals surface area contributed by atoms with Crippen LogP contribution in [-0.4, -0.2) is 16.0 Å². The fourth-order valence-corrected chi connectivity index (χ4v) is 2.55. The zero-order valence-corrected chi connectivity index (χ0v) is 13.9. The van der Waals surface area contributed by atoms with Crippen molar-refractivity contribution in [2.45, 2.75) is 6.04 Å². The van der Waals surface area contributed by atoms with Gasteiger partial charge in [-0.2, -0.15) is 0 Å². The van der Waals surface area contributed by atoms with E-state index in [2.05, 4.69) is 27.9 Å². The Bertz CT molecular complexity index is 677. The van der Waals surface area contributed by atoms with E-state index in [1.54, 1.807) is 12.1 Å². The predicted octanol–water partition coefficient (Wildman–Crippen LogP) is 2.75. The van der Waals surface area contributed by atoms with Gasteiger partial charge in [0.15, 0.2) is 0 Å². The number of phenolic OH excluding ortho intramolecular Hbond substituents is 1. The van der Waals surface area contributed by atoms with Gasteiger partial charge in [-0.15, -0.1) is 0 Å². The highest BCUT2D eigenvalue weighted by Crippen LogP contribution is 2.21. The molecule has 0 aliphatic rings. The first-order valence-electron chi connectivity index (χ1n) is 6.12. The summed E-state index contributed by atoms with van der Waals surface area (Å²) in [6, 6.07) is 13.4. The molecule has 0 spiro atoms. The largest absolute Gasteiger partial charge is 0.507 e. The van der Waals surface area contributed by atoms with Crippen molar-refractivity contribution in [3.05, 3.63) is 63.2 Å². The third-order valence-electron chi connectivity index (χ3n) is 2.90. The number of aromatic hydroxyl groups is 1. The number of nitrogens with one attached hydrogen (secondary N) is 1. The molecule has 2 aromatic rings. The zero-order valence-electron chi connectivity index (χ0n) is 10.9. The van der Waals surface area contributed by atoms with Gasteiger partial charge in [0.2, 0.25) is 0 Å². The summed E-state index contributed by atoms with van der Waals surface area (Å²) >= 11 is 7.10. The van der Waals surface area contributed by atoms with Crippen molar-refractivity contribution >= 4 is 45.7 Å². The topological polar surface area (TPSA) is 75.3 Å². The smallest absolute Gasteiger partial charge is 0.255 e. The van der Waals surface area contributed by atoms with E-state index in [-0.39, 0.29) is 16.3 Å². The van der Waals surface area contributed by atoms with Crippen molar-refractivity contribution in [1.82, 2.24) is 5.32 Å². The number of carbonyl (C=O) groups excluding carboxylic acids is 1. The molecule has 108 valence electrons. The summed E-state index contributed by atoms with van der Waals surface area (Å²) in [6.07, 6.45) is 0. The molecular formula is C15H13IN2O2S. The Balaban J connectivity index is 2.27. The van der Waals surface area contributed by atoms with Crippen molar-refractivity contribution in [3.63, 3.8) is 0 Å². The highest BCUT2D eigenvalue weighted by atomic mass is 127. The van der Waals surface area contributed by atoms with E-state index in [1.807, 2.05) is 30.3 Å². The van der Waals surface area contributed by atoms with Gasteiger partial charge in [-0.3, -0.25) is 4.79 Å². The van der Waals surface area contributed by atoms with E-state index >= 15 is 0 Å². The molecule has 0 bridgehead atoms. The molecule has 2 rings (SSSR count). The highest BCUT2D eigenvalue weighted by Gasteiger charge is 2.20. The SMILES string of the molecule is NC(=S)C(NC(=O)c1cc(I)ccc1O)c1ccccc1. The van der Waals surface area contributed by atoms with E-state index in [0.717, 1.165) is 9.13 Å². The van der Waals surface area contributed by atoms with Gasteiger partial charge in [0, 0.05) is 3.57 Å². The maximum absolute atomic E-state index is 12.3. The van der Waals surface area contributed by atoms with Crippen LogP contribution in [0.3, 0.4) is 0 Å². The molecule has 0 fully saturated rings. The summed E-state index contributed by atoms with van der Waals surface area (Å²) in [4.78, 5) is 12.5. The summed E-state index contributed by atoms with van der Waals surface area (Å²) in [5.41, 5.74) is 6.70. The first kappa shape index (κ1) is 15.7. The second kappa shape index (κ2) is 6.86. The van der Waals surface area contributed by atoms with Gasteiger partial charge in [-0.25, -0.2) is 0 Å². The molecule has 0 saturated carbocycles. The van der Waals surface area contributed by atoms with Crippen molar-refractivity contribution in [2.75, 3.05) is 0 Å². The van der Waals surface area contributed by atoms with Crippen LogP contribution in [-0.2, 0) is 0 Å². The van der Waals surface area contributed by atoms with E-state index in [0.29, 0.717) is 0 Å². The van der Waals surface area contributed by atoms with Crippen LogP contribution >= 0.6 is 34.8 Å². The fraction of sp³-hybridized carbons (Fsp3) is 0.0667. The summed E-state index contributed by atoms with van der Waals surface area (Å²) in [5, 5.41) is 12.5. The summed E-state index contributed by atoms with van der Waals surface area (Å²) in [7, 11) is 0. The lowest BCUT2D eigenvalue weighted by Gasteiger charge is -2.18. The number of hydrogen-bond donors (Lipinski definition) is 3. The molecule has 0 aromatic heterocycles. The van der Waals surface area contributed by atoms with Crippen LogP contribution < -0.4 is 11.1 Å². The minimum Gasteiger partial charge on any atom is -0.507 e. The maximum Gasteiger partial charge on any atom is 0.255 e. The van der Waals surface area contributed by atoms with Gasteiger partial charge in [0.05, 0.1) is 5.56 Å². The standard InChI is InChI=1S/C15H13IN2O2S/c16-10-6-7-12(19)11(8-10)15(20)18-13(14(17)21)9-4-2-1-3-5-9/h1-8,13,19H,(H2,17,21)(H,18,20).